The van der Waals surface area contributed by atoms with Gasteiger partial charge in [-0.05, 0) is 49.6 Å². The second kappa shape index (κ2) is 5.43. The zero-order valence-corrected chi connectivity index (χ0v) is 14.5. The molecule has 2 saturated heterocycles. The van der Waals surface area contributed by atoms with Gasteiger partial charge in [-0.15, -0.1) is 0 Å². The lowest BCUT2D eigenvalue weighted by molar-refractivity contribution is -0.123. The molecule has 0 aromatic heterocycles. The summed E-state index contributed by atoms with van der Waals surface area (Å²) in [5, 5.41) is 0. The average Bonchev–Trinajstić information content (AvgIpc) is 3.30. The Labute approximate surface area is 147 Å². The first-order valence-electron chi connectivity index (χ1n) is 9.23. The van der Waals surface area contributed by atoms with Gasteiger partial charge in [-0.2, -0.15) is 0 Å². The predicted molar refractivity (Wildman–Crippen MR) is 96.4 cm³/mol. The van der Waals surface area contributed by atoms with Crippen molar-refractivity contribution in [3.63, 3.8) is 0 Å². The van der Waals surface area contributed by atoms with Crippen molar-refractivity contribution in [2.24, 2.45) is 23.7 Å². The van der Waals surface area contributed by atoms with Crippen molar-refractivity contribution in [3.05, 3.63) is 36.4 Å². The van der Waals surface area contributed by atoms with Crippen LogP contribution in [-0.4, -0.2) is 49.9 Å². The lowest BCUT2D eigenvalue weighted by Crippen LogP contribution is -2.44. The third kappa shape index (κ3) is 2.18. The molecular weight excluding hydrogens is 314 g/mol. The highest BCUT2D eigenvalue weighted by atomic mass is 16.2. The number of allylic oxidation sites excluding steroid dienone is 2. The Morgan fingerprint density at radius 2 is 1.32 bits per heavy atom. The maximum absolute atomic E-state index is 12.9. The Kier molecular flexibility index (Phi) is 3.29. The number of fused-ring (bicyclic) bond motifs is 5. The Morgan fingerprint density at radius 1 is 0.800 bits per heavy atom. The number of likely N-dealkylation sites (N-methyl/N-ethyl adjacent to an activating group) is 1. The standard InChI is InChI=1S/C20H23N3O2/c1-21-8-10-22(11-9-21)15-4-6-16(7-5-15)23-19(24)17-13-2-3-14(12-13)18(17)20(23)25/h2-7,13-14,17-18H,8-12H2,1H3/t13-,14+,17-,18+. The third-order valence-corrected chi connectivity index (χ3v) is 6.45. The van der Waals surface area contributed by atoms with Crippen molar-refractivity contribution in [2.45, 2.75) is 6.42 Å². The van der Waals surface area contributed by atoms with E-state index in [4.69, 9.17) is 0 Å². The fourth-order valence-electron chi connectivity index (χ4n) is 5.03. The molecule has 1 aromatic carbocycles. The lowest BCUT2D eigenvalue weighted by Gasteiger charge is -2.34. The van der Waals surface area contributed by atoms with Gasteiger partial charge < -0.3 is 9.80 Å². The van der Waals surface area contributed by atoms with Crippen molar-refractivity contribution in [1.29, 1.82) is 0 Å². The Bertz CT molecular complexity index is 719. The Morgan fingerprint density at radius 3 is 1.88 bits per heavy atom. The number of imide groups is 1. The van der Waals surface area contributed by atoms with E-state index in [0.29, 0.717) is 0 Å². The minimum Gasteiger partial charge on any atom is -0.369 e. The molecule has 0 N–H and O–H groups in total. The highest BCUT2D eigenvalue weighted by molar-refractivity contribution is 6.22. The number of hydrogen-bond donors (Lipinski definition) is 0. The van der Waals surface area contributed by atoms with Gasteiger partial charge in [0.2, 0.25) is 11.8 Å². The maximum Gasteiger partial charge on any atom is 0.238 e. The molecule has 1 aromatic rings. The summed E-state index contributed by atoms with van der Waals surface area (Å²) >= 11 is 0. The molecule has 2 amide bonds. The van der Waals surface area contributed by atoms with Gasteiger partial charge in [0, 0.05) is 31.9 Å². The van der Waals surface area contributed by atoms with Crippen molar-refractivity contribution in [3.8, 4) is 0 Å². The molecular formula is C20H23N3O2. The Hall–Kier alpha value is -2.14. The molecule has 2 aliphatic carbocycles. The molecule has 130 valence electrons. The fraction of sp³-hybridized carbons (Fsp3) is 0.500. The number of anilines is 2. The van der Waals surface area contributed by atoms with Crippen LogP contribution < -0.4 is 9.80 Å². The van der Waals surface area contributed by atoms with Gasteiger partial charge in [0.25, 0.3) is 0 Å². The lowest BCUT2D eigenvalue weighted by atomic mass is 9.85. The molecule has 3 fully saturated rings. The minimum atomic E-state index is -0.125. The maximum atomic E-state index is 12.9. The van der Waals surface area contributed by atoms with Crippen LogP contribution in [0.2, 0.25) is 0 Å². The summed E-state index contributed by atoms with van der Waals surface area (Å²) in [6, 6.07) is 7.95. The van der Waals surface area contributed by atoms with Crippen LogP contribution in [0.1, 0.15) is 6.42 Å². The number of rotatable bonds is 2. The van der Waals surface area contributed by atoms with E-state index in [9.17, 15) is 9.59 Å². The molecule has 4 atom stereocenters. The van der Waals surface area contributed by atoms with E-state index in [1.807, 2.05) is 24.3 Å². The van der Waals surface area contributed by atoms with Crippen LogP contribution >= 0.6 is 0 Å². The smallest absolute Gasteiger partial charge is 0.238 e. The summed E-state index contributed by atoms with van der Waals surface area (Å²) in [4.78, 5) is 31.9. The van der Waals surface area contributed by atoms with Crippen LogP contribution in [0.3, 0.4) is 0 Å². The van der Waals surface area contributed by atoms with Gasteiger partial charge in [-0.25, -0.2) is 0 Å². The van der Waals surface area contributed by atoms with Gasteiger partial charge in [-0.1, -0.05) is 12.2 Å². The van der Waals surface area contributed by atoms with Gasteiger partial charge in [0.15, 0.2) is 0 Å². The first-order chi connectivity index (χ1) is 12.1. The van der Waals surface area contributed by atoms with Crippen LogP contribution in [0.4, 0.5) is 11.4 Å². The molecule has 5 nitrogen and oxygen atoms in total. The second-order valence-electron chi connectivity index (χ2n) is 7.82. The van der Waals surface area contributed by atoms with E-state index in [1.165, 1.54) is 4.90 Å². The van der Waals surface area contributed by atoms with Crippen molar-refractivity contribution in [1.82, 2.24) is 4.90 Å². The van der Waals surface area contributed by atoms with Crippen molar-refractivity contribution < 1.29 is 9.59 Å². The van der Waals surface area contributed by atoms with Crippen LogP contribution in [0.5, 0.6) is 0 Å². The summed E-state index contributed by atoms with van der Waals surface area (Å²) in [5.74, 6) is 0.278. The summed E-state index contributed by atoms with van der Waals surface area (Å²) in [6.45, 7) is 4.14. The van der Waals surface area contributed by atoms with E-state index in [2.05, 4.69) is 29.0 Å². The number of hydrogen-bond acceptors (Lipinski definition) is 4. The quantitative estimate of drug-likeness (QED) is 0.609. The van der Waals surface area contributed by atoms with Crippen LogP contribution in [0.15, 0.2) is 36.4 Å². The first-order valence-corrected chi connectivity index (χ1v) is 9.23. The van der Waals surface area contributed by atoms with Gasteiger partial charge >= 0.3 is 0 Å². The zero-order chi connectivity index (χ0) is 17.1. The highest BCUT2D eigenvalue weighted by Gasteiger charge is 2.59. The van der Waals surface area contributed by atoms with Crippen LogP contribution in [-0.2, 0) is 9.59 Å². The number of nitrogens with zero attached hydrogens (tertiary/aromatic N) is 3. The normalized spacial score (nSPS) is 34.3. The number of carbonyl (C=O) groups is 2. The molecule has 25 heavy (non-hydrogen) atoms. The van der Waals surface area contributed by atoms with Gasteiger partial charge in [0.05, 0.1) is 17.5 Å². The van der Waals surface area contributed by atoms with Crippen molar-refractivity contribution in [2.75, 3.05) is 43.0 Å². The SMILES string of the molecule is CN1CCN(c2ccc(N3C(=O)[C@@H]4[C@H](C3=O)[C@@H]3C=C[C@H]4C3)cc2)CC1. The zero-order valence-electron chi connectivity index (χ0n) is 14.5. The number of benzene rings is 1. The van der Waals surface area contributed by atoms with Crippen molar-refractivity contribution >= 4 is 23.2 Å². The van der Waals surface area contributed by atoms with E-state index in [0.717, 1.165) is 44.0 Å². The molecule has 0 spiro atoms. The fourth-order valence-corrected chi connectivity index (χ4v) is 5.03. The third-order valence-electron chi connectivity index (χ3n) is 6.45. The largest absolute Gasteiger partial charge is 0.369 e. The topological polar surface area (TPSA) is 43.9 Å². The summed E-state index contributed by atoms with van der Waals surface area (Å²) in [7, 11) is 2.14. The molecule has 2 heterocycles. The van der Waals surface area contributed by atoms with E-state index >= 15 is 0 Å². The molecule has 5 rings (SSSR count). The summed E-state index contributed by atoms with van der Waals surface area (Å²) < 4.78 is 0. The summed E-state index contributed by atoms with van der Waals surface area (Å²) in [5.41, 5.74) is 1.89. The van der Waals surface area contributed by atoms with E-state index in [-0.39, 0.29) is 35.5 Å². The molecule has 0 unspecified atom stereocenters. The monoisotopic (exact) mass is 337 g/mol. The molecule has 1 saturated carbocycles. The van der Waals surface area contributed by atoms with Crippen LogP contribution in [0, 0.1) is 23.7 Å². The molecule has 4 aliphatic rings. The minimum absolute atomic E-state index is 0.000743. The average molecular weight is 337 g/mol. The summed E-state index contributed by atoms with van der Waals surface area (Å²) in [6.07, 6.45) is 5.25. The number of amides is 2. The van der Waals surface area contributed by atoms with Gasteiger partial charge in [0.1, 0.15) is 0 Å². The van der Waals surface area contributed by atoms with E-state index in [1.54, 1.807) is 0 Å². The second-order valence-corrected chi connectivity index (χ2v) is 7.82. The molecule has 5 heteroatoms. The molecule has 2 bridgehead atoms. The highest BCUT2D eigenvalue weighted by Crippen LogP contribution is 2.53. The van der Waals surface area contributed by atoms with Crippen LogP contribution in [0.25, 0.3) is 0 Å². The Balaban J connectivity index is 1.37. The first kappa shape index (κ1) is 15.1. The number of piperazine rings is 1. The van der Waals surface area contributed by atoms with Gasteiger partial charge in [-0.3, -0.25) is 14.5 Å². The predicted octanol–water partition coefficient (Wildman–Crippen LogP) is 1.75. The molecule has 0 radical (unpaired) electrons. The number of carbonyl (C=O) groups excluding carboxylic acids is 2. The molecule has 2 aliphatic heterocycles. The van der Waals surface area contributed by atoms with E-state index < -0.39 is 0 Å².